The Labute approximate surface area is 391 Å². The van der Waals surface area contributed by atoms with E-state index >= 15 is 0 Å². The molecule has 1 saturated carbocycles. The summed E-state index contributed by atoms with van der Waals surface area (Å²) in [6.45, 7) is 26.2. The predicted molar refractivity (Wildman–Crippen MR) is 278 cm³/mol. The van der Waals surface area contributed by atoms with E-state index in [2.05, 4.69) is 221 Å². The molecule has 1 fully saturated rings. The second kappa shape index (κ2) is 19.0. The molecule has 340 valence electrons. The standard InChI is InChI=1S/C60H73N3O2/c1-38(2)60(12,37-59(9,10)11)58(64)65-54-22-18-17-21-53(54)61-52-32-31-51(49-19-15-16-20-50(49)52)55(45-23-27-47(28-24-45)62(13)56-41(5)33-39(3)34-42(56)6)46-25-29-48(30-26-46)63(14)57-43(7)35-40(4)36-44(57)8/h15-16,19-20,23-36,38,53-54H,17-18,21-22,37H2,1-14H3/p+1. The number of nitrogens with zero attached hydrogens (tertiary/aromatic N) is 2. The minimum absolute atomic E-state index is 0.00885. The number of rotatable bonds is 11. The maximum atomic E-state index is 14.1. The lowest BCUT2D eigenvalue weighted by Crippen LogP contribution is -2.45. The van der Waals surface area contributed by atoms with E-state index in [1.54, 1.807) is 0 Å². The van der Waals surface area contributed by atoms with E-state index in [4.69, 9.17) is 4.74 Å². The van der Waals surface area contributed by atoms with Crippen LogP contribution >= 0.6 is 0 Å². The van der Waals surface area contributed by atoms with Gasteiger partial charge in [0.05, 0.1) is 11.5 Å². The van der Waals surface area contributed by atoms with Crippen LogP contribution in [0.2, 0.25) is 0 Å². The molecule has 0 heterocycles. The first-order valence-corrected chi connectivity index (χ1v) is 24.0. The SMILES string of the molecule is Cc1cc(C)c(N(C)c2ccc(C(=C3C=CC(=[N+](C)c4c(C)cc(C)cc4C)C=C3)c3ccc(NC4CCCCC4OC(=O)C(C)(CC(C)(C)C)C(C)C)c4ccccc34)cc2)c(C)c1. The molecule has 65 heavy (non-hydrogen) atoms. The summed E-state index contributed by atoms with van der Waals surface area (Å²) in [7, 11) is 4.34. The minimum Gasteiger partial charge on any atom is -0.460 e. The molecule has 0 amide bonds. The van der Waals surface area contributed by atoms with Gasteiger partial charge in [-0.1, -0.05) is 107 Å². The van der Waals surface area contributed by atoms with Crippen molar-refractivity contribution in [3.8, 4) is 0 Å². The lowest BCUT2D eigenvalue weighted by atomic mass is 9.68. The molecular formula is C60H74N3O2+. The Balaban J connectivity index is 1.29. The lowest BCUT2D eigenvalue weighted by molar-refractivity contribution is -0.404. The molecule has 7 rings (SSSR count). The highest BCUT2D eigenvalue weighted by Gasteiger charge is 2.43. The van der Waals surface area contributed by atoms with Crippen molar-refractivity contribution in [3.05, 3.63) is 159 Å². The van der Waals surface area contributed by atoms with Crippen LogP contribution in [0.5, 0.6) is 0 Å². The first-order chi connectivity index (χ1) is 30.7. The van der Waals surface area contributed by atoms with E-state index in [1.807, 2.05) is 0 Å². The molecule has 0 bridgehead atoms. The highest BCUT2D eigenvalue weighted by Crippen LogP contribution is 2.43. The van der Waals surface area contributed by atoms with Crippen LogP contribution in [-0.4, -0.2) is 42.5 Å². The predicted octanol–water partition coefficient (Wildman–Crippen LogP) is 15.2. The summed E-state index contributed by atoms with van der Waals surface area (Å²) in [6, 6.07) is 31.5. The number of nitrogens with one attached hydrogen (secondary N) is 1. The van der Waals surface area contributed by atoms with Crippen molar-refractivity contribution in [1.29, 1.82) is 0 Å². The fourth-order valence-electron chi connectivity index (χ4n) is 11.0. The summed E-state index contributed by atoms with van der Waals surface area (Å²) in [5.41, 5.74) is 17.6. The highest BCUT2D eigenvalue weighted by molar-refractivity contribution is 6.08. The van der Waals surface area contributed by atoms with Gasteiger partial charge in [0.25, 0.3) is 0 Å². The van der Waals surface area contributed by atoms with Crippen LogP contribution in [0, 0.1) is 58.3 Å². The molecule has 5 heteroatoms. The molecular weight excluding hydrogens is 795 g/mol. The van der Waals surface area contributed by atoms with E-state index < -0.39 is 5.41 Å². The van der Waals surface area contributed by atoms with E-state index in [1.165, 1.54) is 61.3 Å². The highest BCUT2D eigenvalue weighted by atomic mass is 16.5. The number of aryl methyl sites for hydroxylation is 6. The van der Waals surface area contributed by atoms with Crippen LogP contribution in [0.25, 0.3) is 16.3 Å². The molecule has 0 aromatic heterocycles. The number of benzene rings is 5. The van der Waals surface area contributed by atoms with Crippen LogP contribution < -0.4 is 10.2 Å². The van der Waals surface area contributed by atoms with Gasteiger partial charge in [-0.25, -0.2) is 0 Å². The smallest absolute Gasteiger partial charge is 0.312 e. The van der Waals surface area contributed by atoms with Crippen molar-refractivity contribution in [2.75, 3.05) is 24.3 Å². The van der Waals surface area contributed by atoms with Crippen LogP contribution in [-0.2, 0) is 9.53 Å². The molecule has 2 aliphatic rings. The van der Waals surface area contributed by atoms with Gasteiger partial charge >= 0.3 is 5.97 Å². The molecule has 0 aliphatic heterocycles. The number of carbonyl (C=O) groups is 1. The number of fused-ring (bicyclic) bond motifs is 1. The van der Waals surface area contributed by atoms with Gasteiger partial charge in [-0.15, -0.1) is 0 Å². The Bertz CT molecular complexity index is 2660. The van der Waals surface area contributed by atoms with E-state index in [0.29, 0.717) is 0 Å². The van der Waals surface area contributed by atoms with Crippen molar-refractivity contribution in [3.63, 3.8) is 0 Å². The van der Waals surface area contributed by atoms with Gasteiger partial charge in [-0.2, -0.15) is 4.58 Å². The summed E-state index contributed by atoms with van der Waals surface area (Å²) in [5.74, 6) is 0.104. The van der Waals surface area contributed by atoms with Gasteiger partial charge in [0, 0.05) is 52.8 Å². The Kier molecular flexibility index (Phi) is 13.9. The van der Waals surface area contributed by atoms with Gasteiger partial charge in [-0.05, 0) is 167 Å². The maximum absolute atomic E-state index is 14.1. The molecule has 2 aliphatic carbocycles. The molecule has 3 unspecified atom stereocenters. The topological polar surface area (TPSA) is 44.6 Å². The number of hydrogen-bond donors (Lipinski definition) is 1. The largest absolute Gasteiger partial charge is 0.460 e. The average molecular weight is 869 g/mol. The van der Waals surface area contributed by atoms with Crippen LogP contribution in [0.15, 0.2) is 115 Å². The Morgan fingerprint density at radius 1 is 0.754 bits per heavy atom. The molecule has 3 atom stereocenters. The number of esters is 1. The van der Waals surface area contributed by atoms with E-state index in [0.717, 1.165) is 65.7 Å². The molecule has 5 aromatic rings. The number of allylic oxidation sites excluding steroid dienone is 5. The lowest BCUT2D eigenvalue weighted by Gasteiger charge is -2.40. The van der Waals surface area contributed by atoms with Crippen LogP contribution in [0.4, 0.5) is 22.7 Å². The minimum atomic E-state index is -0.556. The molecule has 0 saturated heterocycles. The van der Waals surface area contributed by atoms with Crippen molar-refractivity contribution < 1.29 is 14.1 Å². The number of hydrogen-bond acceptors (Lipinski definition) is 4. The van der Waals surface area contributed by atoms with Crippen molar-refractivity contribution >= 4 is 50.8 Å². The Morgan fingerprint density at radius 2 is 1.32 bits per heavy atom. The first kappa shape index (κ1) is 47.3. The summed E-state index contributed by atoms with van der Waals surface area (Å²) in [5, 5.41) is 6.28. The zero-order valence-electron chi connectivity index (χ0n) is 41.9. The van der Waals surface area contributed by atoms with Crippen molar-refractivity contribution in [2.45, 2.75) is 127 Å². The Morgan fingerprint density at radius 3 is 1.91 bits per heavy atom. The van der Waals surface area contributed by atoms with Crippen molar-refractivity contribution in [2.24, 2.45) is 16.7 Å². The maximum Gasteiger partial charge on any atom is 0.312 e. The number of carbonyl (C=O) groups excluding carboxylic acids is 1. The van der Waals surface area contributed by atoms with Gasteiger partial charge in [0.2, 0.25) is 11.4 Å². The van der Waals surface area contributed by atoms with E-state index in [9.17, 15) is 4.79 Å². The molecule has 0 spiro atoms. The van der Waals surface area contributed by atoms with Gasteiger partial charge < -0.3 is 15.0 Å². The quantitative estimate of drug-likeness (QED) is 0.106. The number of anilines is 3. The third-order valence-corrected chi connectivity index (χ3v) is 14.2. The summed E-state index contributed by atoms with van der Waals surface area (Å²) in [6.07, 6.45) is 13.6. The second-order valence-electron chi connectivity index (χ2n) is 21.1. The monoisotopic (exact) mass is 869 g/mol. The third kappa shape index (κ3) is 10.1. The average Bonchev–Trinajstić information content (AvgIpc) is 3.24. The Hall–Kier alpha value is -5.68. The fourth-order valence-corrected chi connectivity index (χ4v) is 11.0. The molecule has 0 radical (unpaired) electrons. The molecule has 5 aromatic carbocycles. The van der Waals surface area contributed by atoms with Crippen molar-refractivity contribution in [1.82, 2.24) is 0 Å². The van der Waals surface area contributed by atoms with Gasteiger partial charge in [0.1, 0.15) is 13.2 Å². The van der Waals surface area contributed by atoms with Gasteiger partial charge in [-0.3, -0.25) is 4.79 Å². The second-order valence-corrected chi connectivity index (χ2v) is 21.1. The summed E-state index contributed by atoms with van der Waals surface area (Å²) in [4.78, 5) is 16.5. The first-order valence-electron chi connectivity index (χ1n) is 24.0. The fraction of sp³-hybridized carbons (Fsp3) is 0.400. The molecule has 5 nitrogen and oxygen atoms in total. The summed E-state index contributed by atoms with van der Waals surface area (Å²) >= 11 is 0. The van der Waals surface area contributed by atoms with E-state index in [-0.39, 0.29) is 29.4 Å². The zero-order chi connectivity index (χ0) is 47.0. The number of ether oxygens (including phenoxy) is 1. The van der Waals surface area contributed by atoms with Crippen LogP contribution in [0.1, 0.15) is 118 Å². The van der Waals surface area contributed by atoms with Gasteiger partial charge in [0.15, 0.2) is 0 Å². The van der Waals surface area contributed by atoms with Crippen LogP contribution in [0.3, 0.4) is 0 Å². The normalized spacial score (nSPS) is 17.3. The third-order valence-electron chi connectivity index (χ3n) is 14.2. The summed E-state index contributed by atoms with van der Waals surface area (Å²) < 4.78 is 8.88. The zero-order valence-corrected chi connectivity index (χ0v) is 41.9. The molecule has 1 N–H and O–H groups in total.